The molecular formula is C26H28N4O5. The van der Waals surface area contributed by atoms with E-state index >= 15 is 0 Å². The molecule has 1 aliphatic rings. The molecule has 1 atom stereocenters. The number of hydrogen-bond acceptors (Lipinski definition) is 6. The van der Waals surface area contributed by atoms with Crippen molar-refractivity contribution in [2.24, 2.45) is 5.92 Å². The van der Waals surface area contributed by atoms with Crippen LogP contribution in [0.2, 0.25) is 0 Å². The van der Waals surface area contributed by atoms with Gasteiger partial charge in [0, 0.05) is 13.1 Å². The van der Waals surface area contributed by atoms with Gasteiger partial charge in [-0.3, -0.25) is 19.0 Å². The summed E-state index contributed by atoms with van der Waals surface area (Å²) in [7, 11) is 0. The van der Waals surface area contributed by atoms with Crippen molar-refractivity contribution in [3.63, 3.8) is 0 Å². The van der Waals surface area contributed by atoms with E-state index in [0.717, 1.165) is 20.4 Å². The maximum atomic E-state index is 13.5. The third-order valence-corrected chi connectivity index (χ3v) is 6.05. The Bertz CT molecular complexity index is 1330. The summed E-state index contributed by atoms with van der Waals surface area (Å²) >= 11 is 0. The molecule has 0 bridgehead atoms. The number of carbonyl (C=O) groups is 2. The average Bonchev–Trinajstić information content (AvgIpc) is 2.88. The topological polar surface area (TPSA) is 104 Å². The number of aromatic nitrogens is 3. The van der Waals surface area contributed by atoms with Gasteiger partial charge in [-0.2, -0.15) is 9.78 Å². The first kappa shape index (κ1) is 24.1. The molecule has 1 fully saturated rings. The third-order valence-electron chi connectivity index (χ3n) is 6.05. The van der Waals surface area contributed by atoms with Gasteiger partial charge < -0.3 is 9.64 Å². The molecule has 1 saturated heterocycles. The van der Waals surface area contributed by atoms with E-state index in [0.29, 0.717) is 25.1 Å². The number of hydrogen-bond donors (Lipinski definition) is 0. The molecule has 9 heteroatoms. The highest BCUT2D eigenvalue weighted by Gasteiger charge is 2.32. The van der Waals surface area contributed by atoms with Gasteiger partial charge in [-0.05, 0) is 44.4 Å². The average molecular weight is 477 g/mol. The summed E-state index contributed by atoms with van der Waals surface area (Å²) in [4.78, 5) is 53.9. The summed E-state index contributed by atoms with van der Waals surface area (Å²) < 4.78 is 7.24. The van der Waals surface area contributed by atoms with Crippen LogP contribution in [0.1, 0.15) is 41.4 Å². The normalized spacial score (nSPS) is 15.6. The van der Waals surface area contributed by atoms with Crippen LogP contribution in [0.15, 0.2) is 64.2 Å². The van der Waals surface area contributed by atoms with Crippen LogP contribution in [-0.2, 0) is 16.1 Å². The molecule has 35 heavy (non-hydrogen) atoms. The van der Waals surface area contributed by atoms with E-state index in [1.54, 1.807) is 31.2 Å². The minimum atomic E-state index is -0.759. The second kappa shape index (κ2) is 10.5. The van der Waals surface area contributed by atoms with Crippen LogP contribution in [-0.4, -0.2) is 50.8 Å². The molecule has 4 rings (SSSR count). The Morgan fingerprint density at radius 1 is 1.06 bits per heavy atom. The third kappa shape index (κ3) is 5.24. The van der Waals surface area contributed by atoms with Crippen LogP contribution in [0.25, 0.3) is 5.69 Å². The van der Waals surface area contributed by atoms with Gasteiger partial charge in [0.2, 0.25) is 5.69 Å². The Balaban J connectivity index is 1.77. The van der Waals surface area contributed by atoms with Crippen LogP contribution in [0, 0.1) is 12.8 Å². The molecule has 0 aliphatic carbocycles. The molecule has 1 amide bonds. The number of benzene rings is 2. The van der Waals surface area contributed by atoms with Gasteiger partial charge in [0.05, 0.1) is 24.8 Å². The fourth-order valence-electron chi connectivity index (χ4n) is 4.17. The number of rotatable bonds is 6. The highest BCUT2D eigenvalue weighted by Crippen LogP contribution is 2.19. The van der Waals surface area contributed by atoms with E-state index in [1.165, 1.54) is 4.90 Å². The smallest absolute Gasteiger partial charge is 0.352 e. The summed E-state index contributed by atoms with van der Waals surface area (Å²) in [5, 5.41) is 4.22. The molecule has 0 spiro atoms. The Morgan fingerprint density at radius 3 is 2.46 bits per heavy atom. The van der Waals surface area contributed by atoms with Crippen molar-refractivity contribution >= 4 is 11.9 Å². The zero-order valence-electron chi connectivity index (χ0n) is 19.8. The fourth-order valence-corrected chi connectivity index (χ4v) is 4.17. The van der Waals surface area contributed by atoms with Crippen LogP contribution in [0.3, 0.4) is 0 Å². The second-order valence-electron chi connectivity index (χ2n) is 8.60. The first-order valence-corrected chi connectivity index (χ1v) is 11.7. The lowest BCUT2D eigenvalue weighted by Crippen LogP contribution is -2.49. The number of nitrogens with zero attached hydrogens (tertiary/aromatic N) is 4. The van der Waals surface area contributed by atoms with Gasteiger partial charge in [0.25, 0.3) is 11.5 Å². The molecule has 1 aliphatic heterocycles. The lowest BCUT2D eigenvalue weighted by Gasteiger charge is -2.31. The van der Waals surface area contributed by atoms with Crippen LogP contribution >= 0.6 is 0 Å². The summed E-state index contributed by atoms with van der Waals surface area (Å²) in [5.41, 5.74) is 0.430. The summed E-state index contributed by atoms with van der Waals surface area (Å²) in [6.07, 6.45) is 1.21. The highest BCUT2D eigenvalue weighted by atomic mass is 16.5. The van der Waals surface area contributed by atoms with Gasteiger partial charge >= 0.3 is 11.7 Å². The maximum absolute atomic E-state index is 13.5. The Morgan fingerprint density at radius 2 is 1.77 bits per heavy atom. The molecule has 2 aromatic carbocycles. The van der Waals surface area contributed by atoms with Crippen molar-refractivity contribution < 1.29 is 14.3 Å². The van der Waals surface area contributed by atoms with Crippen molar-refractivity contribution in [1.82, 2.24) is 19.2 Å². The molecule has 0 saturated carbocycles. The first-order chi connectivity index (χ1) is 16.9. The zero-order valence-corrected chi connectivity index (χ0v) is 19.8. The first-order valence-electron chi connectivity index (χ1n) is 11.7. The Labute approximate surface area is 202 Å². The van der Waals surface area contributed by atoms with Gasteiger partial charge in [-0.15, -0.1) is 0 Å². The number of amides is 1. The lowest BCUT2D eigenvalue weighted by atomic mass is 9.98. The number of carbonyl (C=O) groups excluding carboxylic acids is 2. The van der Waals surface area contributed by atoms with Gasteiger partial charge in [-0.25, -0.2) is 4.79 Å². The van der Waals surface area contributed by atoms with Crippen LogP contribution in [0.4, 0.5) is 0 Å². The summed E-state index contributed by atoms with van der Waals surface area (Å²) in [6.45, 7) is 4.44. The van der Waals surface area contributed by atoms with Crippen molar-refractivity contribution in [1.29, 1.82) is 0 Å². The lowest BCUT2D eigenvalue weighted by molar-refractivity contribution is -0.149. The summed E-state index contributed by atoms with van der Waals surface area (Å²) in [5.74, 6) is -1.42. The molecule has 9 nitrogen and oxygen atoms in total. The van der Waals surface area contributed by atoms with E-state index in [-0.39, 0.29) is 31.4 Å². The van der Waals surface area contributed by atoms with E-state index in [2.05, 4.69) is 5.10 Å². The fraction of sp³-hybridized carbons (Fsp3) is 0.346. The number of aryl methyl sites for hydroxylation is 1. The zero-order chi connectivity index (χ0) is 24.9. The SMILES string of the molecule is CCOC(=O)[C@@H]1CCCN(C(=O)c2nn(-c3ccc(C)cc3)c(=O)n(Cc3ccccc3)c2=O)C1. The van der Waals surface area contributed by atoms with Crippen molar-refractivity contribution in [2.45, 2.75) is 33.2 Å². The minimum absolute atomic E-state index is 0.00137. The van der Waals surface area contributed by atoms with Crippen molar-refractivity contribution in [2.75, 3.05) is 19.7 Å². The quantitative estimate of drug-likeness (QED) is 0.505. The molecule has 3 aromatic rings. The predicted octanol–water partition coefficient (Wildman–Crippen LogP) is 2.17. The minimum Gasteiger partial charge on any atom is -0.466 e. The molecule has 0 unspecified atom stereocenters. The van der Waals surface area contributed by atoms with Crippen molar-refractivity contribution in [3.8, 4) is 5.69 Å². The second-order valence-corrected chi connectivity index (χ2v) is 8.60. The van der Waals surface area contributed by atoms with Crippen LogP contribution in [0.5, 0.6) is 0 Å². The number of piperidine rings is 1. The standard InChI is InChI=1S/C26H28N4O5/c1-3-35-25(33)20-10-7-15-28(17-20)23(31)22-24(32)29(16-19-8-5-4-6-9-19)26(34)30(27-22)21-13-11-18(2)12-14-21/h4-6,8-9,11-14,20H,3,7,10,15-17H2,1-2H3/t20-/m1/s1. The van der Waals surface area contributed by atoms with Crippen molar-refractivity contribution in [3.05, 3.63) is 92.3 Å². The van der Waals surface area contributed by atoms with Crippen LogP contribution < -0.4 is 11.2 Å². The number of esters is 1. The van der Waals surface area contributed by atoms with E-state index in [4.69, 9.17) is 4.74 Å². The molecule has 2 heterocycles. The van der Waals surface area contributed by atoms with E-state index in [1.807, 2.05) is 37.3 Å². The Hall–Kier alpha value is -4.01. The summed E-state index contributed by atoms with van der Waals surface area (Å²) in [6, 6.07) is 16.2. The largest absolute Gasteiger partial charge is 0.466 e. The number of ether oxygens (including phenoxy) is 1. The molecular weight excluding hydrogens is 448 g/mol. The van der Waals surface area contributed by atoms with Gasteiger partial charge in [0.15, 0.2) is 0 Å². The van der Waals surface area contributed by atoms with Gasteiger partial charge in [0.1, 0.15) is 0 Å². The molecule has 0 radical (unpaired) electrons. The molecule has 1 aromatic heterocycles. The Kier molecular flexibility index (Phi) is 7.24. The molecule has 0 N–H and O–H groups in total. The predicted molar refractivity (Wildman–Crippen MR) is 130 cm³/mol. The molecule has 182 valence electrons. The van der Waals surface area contributed by atoms with Gasteiger partial charge in [-0.1, -0.05) is 48.0 Å². The monoisotopic (exact) mass is 476 g/mol. The number of likely N-dealkylation sites (tertiary alicyclic amines) is 1. The maximum Gasteiger partial charge on any atom is 0.352 e. The van der Waals surface area contributed by atoms with E-state index < -0.39 is 23.1 Å². The van der Waals surface area contributed by atoms with E-state index in [9.17, 15) is 19.2 Å². The highest BCUT2D eigenvalue weighted by molar-refractivity contribution is 5.92.